The van der Waals surface area contributed by atoms with Gasteiger partial charge in [0.25, 0.3) is 0 Å². The molecule has 25 heavy (non-hydrogen) atoms. The van der Waals surface area contributed by atoms with Crippen molar-refractivity contribution in [2.45, 2.75) is 0 Å². The van der Waals surface area contributed by atoms with Gasteiger partial charge in [0.1, 0.15) is 0 Å². The number of sulfonamides is 1. The van der Waals surface area contributed by atoms with Crippen LogP contribution in [-0.2, 0) is 10.0 Å². The van der Waals surface area contributed by atoms with Crippen LogP contribution in [0.5, 0.6) is 0 Å². The Labute approximate surface area is 147 Å². The van der Waals surface area contributed by atoms with Crippen molar-refractivity contribution in [3.63, 3.8) is 0 Å². The topological polar surface area (TPSA) is 63.4 Å². The first-order chi connectivity index (χ1) is 12.0. The standard InChI is InChI=1S/C19H18N2O3S/c1-3-14-21(25(2,22)23)18-17(15-10-6-4-7-11-15)24-19(20-18)16-12-8-5-9-13-16/h3-13H,1,14H2,2H3. The maximum atomic E-state index is 12.2. The van der Waals surface area contributed by atoms with E-state index in [0.29, 0.717) is 11.7 Å². The molecule has 0 spiro atoms. The van der Waals surface area contributed by atoms with E-state index in [-0.39, 0.29) is 12.4 Å². The van der Waals surface area contributed by atoms with Crippen LogP contribution in [0.3, 0.4) is 0 Å². The molecule has 1 heterocycles. The number of nitrogens with zero attached hydrogens (tertiary/aromatic N) is 2. The Bertz CT molecular complexity index is 964. The molecule has 0 saturated carbocycles. The molecule has 0 N–H and O–H groups in total. The van der Waals surface area contributed by atoms with Gasteiger partial charge in [-0.25, -0.2) is 12.7 Å². The fraction of sp³-hybridized carbons (Fsp3) is 0.105. The highest BCUT2D eigenvalue weighted by atomic mass is 32.2. The van der Waals surface area contributed by atoms with Gasteiger partial charge < -0.3 is 4.42 Å². The number of hydrogen-bond donors (Lipinski definition) is 0. The van der Waals surface area contributed by atoms with Gasteiger partial charge >= 0.3 is 0 Å². The van der Waals surface area contributed by atoms with E-state index in [1.165, 1.54) is 10.4 Å². The van der Waals surface area contributed by atoms with Crippen molar-refractivity contribution in [3.8, 4) is 22.8 Å². The fourth-order valence-electron chi connectivity index (χ4n) is 2.46. The molecule has 1 aromatic heterocycles. The van der Waals surface area contributed by atoms with Gasteiger partial charge in [-0.1, -0.05) is 54.6 Å². The highest BCUT2D eigenvalue weighted by Crippen LogP contribution is 2.36. The molecule has 5 nitrogen and oxygen atoms in total. The summed E-state index contributed by atoms with van der Waals surface area (Å²) < 4.78 is 31.6. The van der Waals surface area contributed by atoms with Crippen LogP contribution in [0.25, 0.3) is 22.8 Å². The van der Waals surface area contributed by atoms with Crippen molar-refractivity contribution >= 4 is 15.8 Å². The second kappa shape index (κ2) is 6.94. The SMILES string of the molecule is C=CCN(c1nc(-c2ccccc2)oc1-c1ccccc1)S(C)(=O)=O. The number of benzene rings is 2. The lowest BCUT2D eigenvalue weighted by atomic mass is 10.2. The highest BCUT2D eigenvalue weighted by Gasteiger charge is 2.26. The van der Waals surface area contributed by atoms with E-state index in [2.05, 4.69) is 11.6 Å². The van der Waals surface area contributed by atoms with Crippen LogP contribution < -0.4 is 4.31 Å². The molecule has 6 heteroatoms. The fourth-order valence-corrected chi connectivity index (χ4v) is 3.27. The minimum absolute atomic E-state index is 0.111. The monoisotopic (exact) mass is 354 g/mol. The van der Waals surface area contributed by atoms with Crippen LogP contribution in [-0.4, -0.2) is 26.2 Å². The third-order valence-corrected chi connectivity index (χ3v) is 4.72. The molecule has 0 radical (unpaired) electrons. The van der Waals surface area contributed by atoms with E-state index in [9.17, 15) is 8.42 Å². The lowest BCUT2D eigenvalue weighted by Gasteiger charge is -2.18. The lowest BCUT2D eigenvalue weighted by Crippen LogP contribution is -2.30. The Morgan fingerprint density at radius 1 is 1.04 bits per heavy atom. The Kier molecular flexibility index (Phi) is 4.72. The summed E-state index contributed by atoms with van der Waals surface area (Å²) in [4.78, 5) is 4.47. The zero-order chi connectivity index (χ0) is 17.9. The first kappa shape index (κ1) is 17.0. The summed E-state index contributed by atoms with van der Waals surface area (Å²) in [6, 6.07) is 18.7. The average molecular weight is 354 g/mol. The molecule has 0 amide bonds. The van der Waals surface area contributed by atoms with Crippen LogP contribution in [0, 0.1) is 0 Å². The van der Waals surface area contributed by atoms with Crippen molar-refractivity contribution < 1.29 is 12.8 Å². The molecule has 128 valence electrons. The third-order valence-electron chi connectivity index (χ3n) is 3.60. The maximum Gasteiger partial charge on any atom is 0.233 e. The van der Waals surface area contributed by atoms with Crippen molar-refractivity contribution in [1.82, 2.24) is 4.98 Å². The van der Waals surface area contributed by atoms with Crippen LogP contribution in [0.15, 0.2) is 77.7 Å². The zero-order valence-corrected chi connectivity index (χ0v) is 14.6. The highest BCUT2D eigenvalue weighted by molar-refractivity contribution is 7.92. The van der Waals surface area contributed by atoms with Crippen molar-refractivity contribution in [2.75, 3.05) is 17.1 Å². The van der Waals surface area contributed by atoms with Gasteiger partial charge in [-0.3, -0.25) is 0 Å². The summed E-state index contributed by atoms with van der Waals surface area (Å²) in [6.07, 6.45) is 2.66. The normalized spacial score (nSPS) is 11.2. The predicted octanol–water partition coefficient (Wildman–Crippen LogP) is 3.96. The van der Waals surface area contributed by atoms with E-state index in [1.54, 1.807) is 0 Å². The molecule has 0 aliphatic heterocycles. The number of oxazole rings is 1. The van der Waals surface area contributed by atoms with Crippen molar-refractivity contribution in [1.29, 1.82) is 0 Å². The second-order valence-corrected chi connectivity index (χ2v) is 7.39. The summed E-state index contributed by atoms with van der Waals surface area (Å²) >= 11 is 0. The minimum Gasteiger partial charge on any atom is -0.434 e. The summed E-state index contributed by atoms with van der Waals surface area (Å²) in [6.45, 7) is 3.75. The van der Waals surface area contributed by atoms with Gasteiger partial charge in [0.15, 0.2) is 11.6 Å². The van der Waals surface area contributed by atoms with E-state index >= 15 is 0 Å². The number of rotatable bonds is 6. The Morgan fingerprint density at radius 2 is 1.60 bits per heavy atom. The smallest absolute Gasteiger partial charge is 0.233 e. The third kappa shape index (κ3) is 3.64. The van der Waals surface area contributed by atoms with Crippen LogP contribution in [0.4, 0.5) is 5.82 Å². The lowest BCUT2D eigenvalue weighted by molar-refractivity contribution is 0.587. The Hall–Kier alpha value is -2.86. The second-order valence-electron chi connectivity index (χ2n) is 5.49. The maximum absolute atomic E-state index is 12.2. The molecule has 0 saturated heterocycles. The van der Waals surface area contributed by atoms with Crippen LogP contribution in [0.1, 0.15) is 0 Å². The summed E-state index contributed by atoms with van der Waals surface area (Å²) in [5.41, 5.74) is 1.53. The summed E-state index contributed by atoms with van der Waals surface area (Å²) in [5.74, 6) is 1.03. The first-order valence-corrected chi connectivity index (χ1v) is 9.56. The van der Waals surface area contributed by atoms with E-state index in [0.717, 1.165) is 17.4 Å². The molecular formula is C19H18N2O3S. The van der Waals surface area contributed by atoms with Gasteiger partial charge in [-0.15, -0.1) is 6.58 Å². The van der Waals surface area contributed by atoms with E-state index < -0.39 is 10.0 Å². The van der Waals surface area contributed by atoms with Gasteiger partial charge in [-0.05, 0) is 12.1 Å². The van der Waals surface area contributed by atoms with Gasteiger partial charge in [-0.2, -0.15) is 4.98 Å². The zero-order valence-electron chi connectivity index (χ0n) is 13.8. The van der Waals surface area contributed by atoms with Gasteiger partial charge in [0, 0.05) is 11.1 Å². The van der Waals surface area contributed by atoms with Gasteiger partial charge in [0.2, 0.25) is 15.9 Å². The van der Waals surface area contributed by atoms with E-state index in [4.69, 9.17) is 4.42 Å². The largest absolute Gasteiger partial charge is 0.434 e. The molecule has 0 atom stereocenters. The van der Waals surface area contributed by atoms with Gasteiger partial charge in [0.05, 0.1) is 12.8 Å². The van der Waals surface area contributed by atoms with Crippen molar-refractivity contribution in [3.05, 3.63) is 73.3 Å². The molecule has 3 aromatic rings. The predicted molar refractivity (Wildman–Crippen MR) is 99.8 cm³/mol. The van der Waals surface area contributed by atoms with Crippen molar-refractivity contribution in [2.24, 2.45) is 0 Å². The first-order valence-electron chi connectivity index (χ1n) is 7.71. The van der Waals surface area contributed by atoms with E-state index in [1.807, 2.05) is 60.7 Å². The molecule has 0 unspecified atom stereocenters. The van der Waals surface area contributed by atoms with Crippen LogP contribution in [0.2, 0.25) is 0 Å². The number of hydrogen-bond acceptors (Lipinski definition) is 4. The number of anilines is 1. The molecule has 0 aliphatic carbocycles. The molecule has 0 aliphatic rings. The minimum atomic E-state index is -3.54. The summed E-state index contributed by atoms with van der Waals surface area (Å²) in [7, 11) is -3.54. The Morgan fingerprint density at radius 3 is 2.12 bits per heavy atom. The van der Waals surface area contributed by atoms with Crippen LogP contribution >= 0.6 is 0 Å². The number of aromatic nitrogens is 1. The molecule has 0 fully saturated rings. The molecular weight excluding hydrogens is 336 g/mol. The average Bonchev–Trinajstić information content (AvgIpc) is 3.05. The molecule has 0 bridgehead atoms. The Balaban J connectivity index is 2.22. The summed E-state index contributed by atoms with van der Waals surface area (Å²) in [5, 5.41) is 0. The molecule has 2 aromatic carbocycles. The molecule has 3 rings (SSSR count). The quantitative estimate of drug-likeness (QED) is 0.629.